The highest BCUT2D eigenvalue weighted by Crippen LogP contribution is 2.42. The van der Waals surface area contributed by atoms with Crippen molar-refractivity contribution in [3.63, 3.8) is 0 Å². The number of hydrogen-bond acceptors (Lipinski definition) is 3. The Morgan fingerprint density at radius 2 is 2.17 bits per heavy atom. The average molecular weight is 266 g/mol. The Morgan fingerprint density at radius 3 is 2.78 bits per heavy atom. The first-order valence-corrected chi connectivity index (χ1v) is 6.54. The Kier molecular flexibility index (Phi) is 4.40. The molecule has 0 heterocycles. The SMILES string of the molecule is COc1c(Cl)cc(CN=C=O)cc1C1CCCC1. The zero-order chi connectivity index (χ0) is 13.0. The van der Waals surface area contributed by atoms with E-state index < -0.39 is 0 Å². The van der Waals surface area contributed by atoms with Gasteiger partial charge in [-0.25, -0.2) is 9.79 Å². The molecule has 0 radical (unpaired) electrons. The number of carbonyl (C=O) groups excluding carboxylic acids is 1. The molecule has 18 heavy (non-hydrogen) atoms. The number of halogens is 1. The van der Waals surface area contributed by atoms with Gasteiger partial charge in [-0.3, -0.25) is 0 Å². The Balaban J connectivity index is 2.39. The van der Waals surface area contributed by atoms with Gasteiger partial charge in [0.2, 0.25) is 6.08 Å². The summed E-state index contributed by atoms with van der Waals surface area (Å²) < 4.78 is 5.41. The topological polar surface area (TPSA) is 38.7 Å². The van der Waals surface area contributed by atoms with Crippen LogP contribution in [0.25, 0.3) is 0 Å². The van der Waals surface area contributed by atoms with Crippen molar-refractivity contribution in [2.24, 2.45) is 4.99 Å². The molecule has 1 fully saturated rings. The van der Waals surface area contributed by atoms with Gasteiger partial charge in [0.25, 0.3) is 0 Å². The molecule has 2 rings (SSSR count). The Morgan fingerprint density at radius 1 is 1.44 bits per heavy atom. The molecule has 1 saturated carbocycles. The van der Waals surface area contributed by atoms with Crippen LogP contribution >= 0.6 is 11.6 Å². The highest BCUT2D eigenvalue weighted by Gasteiger charge is 2.22. The lowest BCUT2D eigenvalue weighted by atomic mass is 9.95. The summed E-state index contributed by atoms with van der Waals surface area (Å²) in [4.78, 5) is 13.8. The molecule has 1 aromatic carbocycles. The lowest BCUT2D eigenvalue weighted by Crippen LogP contribution is -2.00. The Bertz CT molecular complexity index is 475. The fraction of sp³-hybridized carbons (Fsp3) is 0.500. The van der Waals surface area contributed by atoms with E-state index in [-0.39, 0.29) is 0 Å². The van der Waals surface area contributed by atoms with Crippen molar-refractivity contribution in [3.8, 4) is 5.75 Å². The summed E-state index contributed by atoms with van der Waals surface area (Å²) in [6, 6.07) is 3.86. The van der Waals surface area contributed by atoms with Crippen LogP contribution in [0.5, 0.6) is 5.75 Å². The van der Waals surface area contributed by atoms with Crippen LogP contribution in [0, 0.1) is 0 Å². The predicted molar refractivity (Wildman–Crippen MR) is 71.0 cm³/mol. The van der Waals surface area contributed by atoms with Crippen molar-refractivity contribution in [2.45, 2.75) is 38.1 Å². The molecule has 0 atom stereocenters. The molecule has 3 nitrogen and oxygen atoms in total. The minimum Gasteiger partial charge on any atom is -0.495 e. The minimum atomic E-state index is 0.326. The maximum Gasteiger partial charge on any atom is 0.235 e. The maximum atomic E-state index is 10.2. The highest BCUT2D eigenvalue weighted by molar-refractivity contribution is 6.32. The third-order valence-electron chi connectivity index (χ3n) is 3.46. The van der Waals surface area contributed by atoms with Gasteiger partial charge in [-0.15, -0.1) is 0 Å². The fourth-order valence-corrected chi connectivity index (χ4v) is 2.97. The summed E-state index contributed by atoms with van der Waals surface area (Å²) in [7, 11) is 1.64. The molecule has 0 bridgehead atoms. The normalized spacial score (nSPS) is 15.4. The van der Waals surface area contributed by atoms with Crippen LogP contribution in [-0.4, -0.2) is 13.2 Å². The van der Waals surface area contributed by atoms with E-state index in [0.29, 0.717) is 17.5 Å². The van der Waals surface area contributed by atoms with E-state index in [9.17, 15) is 4.79 Å². The number of rotatable bonds is 4. The molecule has 0 amide bonds. The van der Waals surface area contributed by atoms with Crippen molar-refractivity contribution < 1.29 is 9.53 Å². The van der Waals surface area contributed by atoms with Crippen LogP contribution in [0.1, 0.15) is 42.7 Å². The zero-order valence-electron chi connectivity index (χ0n) is 10.4. The van der Waals surface area contributed by atoms with Crippen LogP contribution in [0.2, 0.25) is 5.02 Å². The Hall–Kier alpha value is -1.31. The van der Waals surface area contributed by atoms with Gasteiger partial charge < -0.3 is 4.74 Å². The number of ether oxygens (including phenoxy) is 1. The second kappa shape index (κ2) is 6.03. The quantitative estimate of drug-likeness (QED) is 0.613. The third kappa shape index (κ3) is 2.74. The van der Waals surface area contributed by atoms with Crippen LogP contribution in [-0.2, 0) is 11.3 Å². The van der Waals surface area contributed by atoms with E-state index in [1.165, 1.54) is 25.7 Å². The zero-order valence-corrected chi connectivity index (χ0v) is 11.2. The second-order valence-corrected chi connectivity index (χ2v) is 5.00. The van der Waals surface area contributed by atoms with Gasteiger partial charge in [0, 0.05) is 0 Å². The molecular weight excluding hydrogens is 250 g/mol. The number of nitrogens with zero attached hydrogens (tertiary/aromatic N) is 1. The molecule has 0 N–H and O–H groups in total. The highest BCUT2D eigenvalue weighted by atomic mass is 35.5. The lowest BCUT2D eigenvalue weighted by molar-refractivity contribution is 0.405. The molecule has 0 aromatic heterocycles. The fourth-order valence-electron chi connectivity index (χ4n) is 2.64. The molecular formula is C14H16ClNO2. The van der Waals surface area contributed by atoms with Crippen LogP contribution < -0.4 is 4.74 Å². The maximum absolute atomic E-state index is 10.2. The minimum absolute atomic E-state index is 0.326. The molecule has 0 spiro atoms. The first-order valence-electron chi connectivity index (χ1n) is 6.16. The molecule has 0 saturated heterocycles. The van der Waals surface area contributed by atoms with Gasteiger partial charge in [0.05, 0.1) is 18.7 Å². The van der Waals surface area contributed by atoms with E-state index in [0.717, 1.165) is 16.9 Å². The van der Waals surface area contributed by atoms with Crippen molar-refractivity contribution in [2.75, 3.05) is 7.11 Å². The van der Waals surface area contributed by atoms with Crippen LogP contribution in [0.15, 0.2) is 17.1 Å². The summed E-state index contributed by atoms with van der Waals surface area (Å²) in [5.74, 6) is 1.28. The van der Waals surface area contributed by atoms with Crippen molar-refractivity contribution in [1.29, 1.82) is 0 Å². The molecule has 96 valence electrons. The van der Waals surface area contributed by atoms with Gasteiger partial charge in [-0.2, -0.15) is 0 Å². The number of hydrogen-bond donors (Lipinski definition) is 0. The molecule has 0 unspecified atom stereocenters. The number of aliphatic imine (C=N–C) groups is 1. The predicted octanol–water partition coefficient (Wildman–Crippen LogP) is 3.84. The van der Waals surface area contributed by atoms with Gasteiger partial charge in [0.15, 0.2) is 0 Å². The van der Waals surface area contributed by atoms with Gasteiger partial charge in [0.1, 0.15) is 5.75 Å². The lowest BCUT2D eigenvalue weighted by Gasteiger charge is -2.17. The van der Waals surface area contributed by atoms with Gasteiger partial charge in [-0.05, 0) is 42.0 Å². The van der Waals surface area contributed by atoms with Crippen LogP contribution in [0.3, 0.4) is 0 Å². The van der Waals surface area contributed by atoms with Gasteiger partial charge in [-0.1, -0.05) is 24.4 Å². The third-order valence-corrected chi connectivity index (χ3v) is 3.74. The molecule has 0 aliphatic heterocycles. The van der Waals surface area contributed by atoms with Crippen molar-refractivity contribution >= 4 is 17.7 Å². The van der Waals surface area contributed by atoms with E-state index >= 15 is 0 Å². The van der Waals surface area contributed by atoms with E-state index in [1.54, 1.807) is 19.3 Å². The number of benzene rings is 1. The smallest absolute Gasteiger partial charge is 0.235 e. The number of isocyanates is 1. The summed E-state index contributed by atoms with van der Waals surface area (Å²) in [6.07, 6.45) is 6.41. The summed E-state index contributed by atoms with van der Waals surface area (Å²) in [5.41, 5.74) is 2.09. The first-order chi connectivity index (χ1) is 8.76. The monoisotopic (exact) mass is 265 g/mol. The van der Waals surface area contributed by atoms with E-state index in [1.807, 2.05) is 0 Å². The summed E-state index contributed by atoms with van der Waals surface area (Å²) in [5, 5.41) is 0.595. The van der Waals surface area contributed by atoms with Gasteiger partial charge >= 0.3 is 0 Å². The van der Waals surface area contributed by atoms with E-state index in [2.05, 4.69) is 11.1 Å². The number of methoxy groups -OCH3 is 1. The molecule has 1 aromatic rings. The summed E-state index contributed by atoms with van der Waals surface area (Å²) in [6.45, 7) is 0.326. The van der Waals surface area contributed by atoms with E-state index in [4.69, 9.17) is 16.3 Å². The van der Waals surface area contributed by atoms with Crippen LogP contribution in [0.4, 0.5) is 0 Å². The second-order valence-electron chi connectivity index (χ2n) is 4.59. The largest absolute Gasteiger partial charge is 0.495 e. The molecule has 1 aliphatic rings. The first kappa shape index (κ1) is 13.1. The average Bonchev–Trinajstić information content (AvgIpc) is 2.89. The molecule has 1 aliphatic carbocycles. The van der Waals surface area contributed by atoms with Crippen molar-refractivity contribution in [3.05, 3.63) is 28.3 Å². The molecule has 4 heteroatoms. The van der Waals surface area contributed by atoms with Crippen molar-refractivity contribution in [1.82, 2.24) is 0 Å². The Labute approximate surface area is 112 Å². The summed E-state index contributed by atoms with van der Waals surface area (Å²) >= 11 is 6.23. The standard InChI is InChI=1S/C14H16ClNO2/c1-18-14-12(11-4-2-3-5-11)6-10(7-13(14)15)8-16-9-17/h6-7,11H,2-5,8H2,1H3.